The fraction of sp³-hybridized carbons (Fsp3) is 0.435. The Labute approximate surface area is 171 Å². The minimum Gasteiger partial charge on any atom is -0.506 e. The minimum atomic E-state index is -1.19. The van der Waals surface area contributed by atoms with Crippen molar-refractivity contribution < 1.29 is 30.0 Å². The fourth-order valence-corrected chi connectivity index (χ4v) is 3.13. The molecule has 1 aromatic rings. The Hall–Kier alpha value is -2.57. The van der Waals surface area contributed by atoms with Crippen LogP contribution in [0.15, 0.2) is 36.4 Å². The van der Waals surface area contributed by atoms with Crippen molar-refractivity contribution in [1.29, 1.82) is 0 Å². The van der Waals surface area contributed by atoms with Crippen molar-refractivity contribution in [2.45, 2.75) is 64.3 Å². The summed E-state index contributed by atoms with van der Waals surface area (Å²) in [6.07, 6.45) is 11.1. The average molecular weight is 402 g/mol. The van der Waals surface area contributed by atoms with E-state index >= 15 is 0 Å². The maximum absolute atomic E-state index is 11.3. The Bertz CT molecular complexity index is 870. The number of carbonyl (C=O) groups is 1. The van der Waals surface area contributed by atoms with Crippen molar-refractivity contribution in [2.24, 2.45) is 0 Å². The summed E-state index contributed by atoms with van der Waals surface area (Å²) in [5.41, 5.74) is -2.07. The Kier molecular flexibility index (Phi) is 6.30. The molecular formula is C23H30O6. The van der Waals surface area contributed by atoms with E-state index in [1.807, 2.05) is 13.0 Å². The van der Waals surface area contributed by atoms with Crippen LogP contribution in [0.3, 0.4) is 0 Å². The second kappa shape index (κ2) is 8.05. The molecule has 0 saturated heterocycles. The van der Waals surface area contributed by atoms with Gasteiger partial charge in [-0.2, -0.15) is 0 Å². The second-order valence-corrected chi connectivity index (χ2v) is 8.63. The second-order valence-electron chi connectivity index (χ2n) is 8.63. The van der Waals surface area contributed by atoms with E-state index in [1.54, 1.807) is 64.1 Å². The smallest absolute Gasteiger partial charge is 0.339 e. The summed E-state index contributed by atoms with van der Waals surface area (Å²) < 4.78 is 6.03. The first-order chi connectivity index (χ1) is 13.2. The quantitative estimate of drug-likeness (QED) is 0.514. The zero-order valence-corrected chi connectivity index (χ0v) is 17.6. The van der Waals surface area contributed by atoms with Crippen molar-refractivity contribution in [3.8, 4) is 11.5 Å². The molecule has 0 radical (unpaired) electrons. The summed E-state index contributed by atoms with van der Waals surface area (Å²) >= 11 is 0. The van der Waals surface area contributed by atoms with Gasteiger partial charge in [0.15, 0.2) is 0 Å². The van der Waals surface area contributed by atoms with Gasteiger partial charge in [-0.25, -0.2) is 4.79 Å². The van der Waals surface area contributed by atoms with Crippen LogP contribution in [0.2, 0.25) is 0 Å². The van der Waals surface area contributed by atoms with Gasteiger partial charge < -0.3 is 25.2 Å². The summed E-state index contributed by atoms with van der Waals surface area (Å²) in [6, 6.07) is 1.61. The lowest BCUT2D eigenvalue weighted by Gasteiger charge is -2.32. The van der Waals surface area contributed by atoms with Gasteiger partial charge in [-0.15, -0.1) is 0 Å². The molecule has 6 heteroatoms. The van der Waals surface area contributed by atoms with Gasteiger partial charge >= 0.3 is 5.97 Å². The highest BCUT2D eigenvalue weighted by Crippen LogP contribution is 2.41. The first-order valence-electron chi connectivity index (χ1n) is 9.51. The molecule has 29 heavy (non-hydrogen) atoms. The van der Waals surface area contributed by atoms with Crippen LogP contribution in [0.5, 0.6) is 11.5 Å². The zero-order valence-electron chi connectivity index (χ0n) is 17.6. The largest absolute Gasteiger partial charge is 0.506 e. The summed E-state index contributed by atoms with van der Waals surface area (Å²) in [5.74, 6) is -1.08. The molecule has 2 atom stereocenters. The number of carboxylic acid groups (broad SMARTS) is 1. The third kappa shape index (κ3) is 5.95. The number of aromatic hydroxyl groups is 1. The Morgan fingerprint density at radius 2 is 1.83 bits per heavy atom. The number of aliphatic hydroxyl groups is 2. The summed E-state index contributed by atoms with van der Waals surface area (Å²) in [5, 5.41) is 39.7. The van der Waals surface area contributed by atoms with E-state index in [0.29, 0.717) is 29.7 Å². The summed E-state index contributed by atoms with van der Waals surface area (Å²) in [4.78, 5) is 11.3. The molecule has 1 unspecified atom stereocenters. The molecule has 0 aromatic heterocycles. The lowest BCUT2D eigenvalue weighted by atomic mass is 9.93. The van der Waals surface area contributed by atoms with Crippen LogP contribution in [0.4, 0.5) is 0 Å². The van der Waals surface area contributed by atoms with Crippen molar-refractivity contribution >= 4 is 12.0 Å². The third-order valence-electron chi connectivity index (χ3n) is 4.71. The number of carboxylic acids is 1. The van der Waals surface area contributed by atoms with E-state index in [0.717, 1.165) is 0 Å². The predicted molar refractivity (Wildman–Crippen MR) is 112 cm³/mol. The Balaban J connectivity index is 2.14. The lowest BCUT2D eigenvalue weighted by Crippen LogP contribution is -2.31. The molecule has 0 fully saturated rings. The van der Waals surface area contributed by atoms with Gasteiger partial charge in [-0.1, -0.05) is 24.3 Å². The molecular weight excluding hydrogens is 372 g/mol. The number of phenols is 1. The van der Waals surface area contributed by atoms with Crippen LogP contribution in [-0.2, 0) is 0 Å². The van der Waals surface area contributed by atoms with Crippen LogP contribution >= 0.6 is 0 Å². The molecule has 2 rings (SSSR count). The van der Waals surface area contributed by atoms with Crippen LogP contribution in [-0.4, -0.2) is 43.2 Å². The van der Waals surface area contributed by atoms with Gasteiger partial charge in [0.2, 0.25) is 0 Å². The Morgan fingerprint density at radius 1 is 1.21 bits per heavy atom. The SMILES string of the molecule is Cc1cc2c(c(O)c1C(=O)O)C=C[C@@](C)(C/C=C/C(C)(O)/C=C/CC(C)(C)O)O2. The maximum atomic E-state index is 11.3. The van der Waals surface area contributed by atoms with Gasteiger partial charge in [-0.05, 0) is 64.8 Å². The molecule has 0 spiro atoms. The van der Waals surface area contributed by atoms with Crippen LogP contribution in [0, 0.1) is 6.92 Å². The molecule has 0 amide bonds. The summed E-state index contributed by atoms with van der Waals surface area (Å²) in [6.45, 7) is 8.53. The number of ether oxygens (including phenoxy) is 1. The van der Waals surface area contributed by atoms with Gasteiger partial charge in [0.05, 0.1) is 16.8 Å². The molecule has 0 aliphatic carbocycles. The fourth-order valence-electron chi connectivity index (χ4n) is 3.13. The van der Waals surface area contributed by atoms with E-state index in [-0.39, 0.29) is 11.3 Å². The van der Waals surface area contributed by atoms with E-state index in [1.165, 1.54) is 0 Å². The topological polar surface area (TPSA) is 107 Å². The molecule has 6 nitrogen and oxygen atoms in total. The van der Waals surface area contributed by atoms with Crippen LogP contribution in [0.25, 0.3) is 6.08 Å². The predicted octanol–water partition coefficient (Wildman–Crippen LogP) is 3.98. The average Bonchev–Trinajstić information content (AvgIpc) is 2.51. The number of fused-ring (bicyclic) bond motifs is 1. The normalized spacial score (nSPS) is 21.2. The van der Waals surface area contributed by atoms with Crippen molar-refractivity contribution in [1.82, 2.24) is 0 Å². The van der Waals surface area contributed by atoms with Gasteiger partial charge in [0.25, 0.3) is 0 Å². The molecule has 0 saturated carbocycles. The van der Waals surface area contributed by atoms with Crippen LogP contribution in [0.1, 0.15) is 62.0 Å². The zero-order chi connectivity index (χ0) is 22.0. The number of hydrogen-bond donors (Lipinski definition) is 4. The standard InChI is InChI=1S/C23H30O6/c1-15-14-17-16(19(24)18(15)20(25)26)8-13-23(5,29-17)12-7-11-22(4,28)10-6-9-21(2,3)27/h6-8,10-11,13-14,24,27-28H,9,12H2,1-5H3,(H,25,26)/b10-6+,11-7+/t22?,23-/m1/s1. The monoisotopic (exact) mass is 402 g/mol. The molecule has 158 valence electrons. The first-order valence-corrected chi connectivity index (χ1v) is 9.51. The van der Waals surface area contributed by atoms with Crippen molar-refractivity contribution in [2.75, 3.05) is 0 Å². The van der Waals surface area contributed by atoms with Gasteiger partial charge in [0.1, 0.15) is 22.7 Å². The van der Waals surface area contributed by atoms with Gasteiger partial charge in [-0.3, -0.25) is 0 Å². The molecule has 1 aliphatic rings. The maximum Gasteiger partial charge on any atom is 0.339 e. The van der Waals surface area contributed by atoms with E-state index in [4.69, 9.17) is 4.74 Å². The molecule has 4 N–H and O–H groups in total. The number of rotatable bonds is 7. The number of hydrogen-bond acceptors (Lipinski definition) is 5. The van der Waals surface area contributed by atoms with Crippen molar-refractivity contribution in [3.63, 3.8) is 0 Å². The van der Waals surface area contributed by atoms with E-state index < -0.39 is 22.8 Å². The third-order valence-corrected chi connectivity index (χ3v) is 4.71. The van der Waals surface area contributed by atoms with E-state index in [2.05, 4.69) is 0 Å². The highest BCUT2D eigenvalue weighted by atomic mass is 16.5. The van der Waals surface area contributed by atoms with Crippen molar-refractivity contribution in [3.05, 3.63) is 53.1 Å². The van der Waals surface area contributed by atoms with E-state index in [9.17, 15) is 25.2 Å². The molecule has 1 heterocycles. The first kappa shape index (κ1) is 22.7. The van der Waals surface area contributed by atoms with Crippen LogP contribution < -0.4 is 4.74 Å². The highest BCUT2D eigenvalue weighted by Gasteiger charge is 2.30. The minimum absolute atomic E-state index is 0.130. The lowest BCUT2D eigenvalue weighted by molar-refractivity contribution is 0.0692. The molecule has 1 aliphatic heterocycles. The number of aromatic carboxylic acids is 1. The highest BCUT2D eigenvalue weighted by molar-refractivity contribution is 5.95. The Morgan fingerprint density at radius 3 is 2.41 bits per heavy atom. The number of aryl methyl sites for hydroxylation is 1. The molecule has 1 aromatic carbocycles. The number of benzene rings is 1. The van der Waals surface area contributed by atoms with Gasteiger partial charge in [0, 0.05) is 6.42 Å². The molecule has 0 bridgehead atoms. The summed E-state index contributed by atoms with van der Waals surface area (Å²) in [7, 11) is 0.